The monoisotopic (exact) mass is 416 g/mol. The Morgan fingerprint density at radius 1 is 0.839 bits per heavy atom. The van der Waals surface area contributed by atoms with Crippen LogP contribution >= 0.6 is 0 Å². The lowest BCUT2D eigenvalue weighted by molar-refractivity contribution is -0.115. The van der Waals surface area contributed by atoms with Crippen molar-refractivity contribution >= 4 is 11.6 Å². The fraction of sp³-hybridized carbons (Fsp3) is 0.269. The van der Waals surface area contributed by atoms with Crippen molar-refractivity contribution in [3.8, 4) is 17.2 Å². The van der Waals surface area contributed by atoms with E-state index in [4.69, 9.17) is 15.2 Å². The quantitative estimate of drug-likeness (QED) is 0.522. The standard InChI is InChI=1S/C26H28N2O3/c27-26(16-4-5-17-26)19-30-22-12-14-24(15-13-22)31-23-10-8-20(9-11-23)18-25(29)28-21-6-2-1-3-7-21/h1-3,6-15H,4-5,16-19,27H2,(H,28,29). The molecule has 1 aliphatic rings. The summed E-state index contributed by atoms with van der Waals surface area (Å²) in [6.07, 6.45) is 4.73. The number of hydrogen-bond acceptors (Lipinski definition) is 4. The van der Waals surface area contributed by atoms with Gasteiger partial charge in [0.05, 0.1) is 12.0 Å². The fourth-order valence-corrected chi connectivity index (χ4v) is 3.78. The lowest BCUT2D eigenvalue weighted by Gasteiger charge is -2.23. The second kappa shape index (κ2) is 9.67. The summed E-state index contributed by atoms with van der Waals surface area (Å²) in [7, 11) is 0. The van der Waals surface area contributed by atoms with Gasteiger partial charge in [-0.15, -0.1) is 0 Å². The third kappa shape index (κ3) is 6.09. The fourth-order valence-electron chi connectivity index (χ4n) is 3.78. The molecule has 160 valence electrons. The summed E-state index contributed by atoms with van der Waals surface area (Å²) in [6, 6.07) is 24.5. The van der Waals surface area contributed by atoms with Crippen LogP contribution in [-0.4, -0.2) is 18.1 Å². The molecule has 1 aliphatic carbocycles. The molecule has 0 aliphatic heterocycles. The number of para-hydroxylation sites is 1. The first-order valence-electron chi connectivity index (χ1n) is 10.7. The predicted octanol–water partition coefficient (Wildman–Crippen LogP) is 5.31. The minimum absolute atomic E-state index is 0.0488. The Labute approximate surface area is 183 Å². The van der Waals surface area contributed by atoms with Crippen LogP contribution in [-0.2, 0) is 11.2 Å². The van der Waals surface area contributed by atoms with Crippen LogP contribution in [0.3, 0.4) is 0 Å². The highest BCUT2D eigenvalue weighted by Gasteiger charge is 2.30. The first-order chi connectivity index (χ1) is 15.1. The number of carbonyl (C=O) groups is 1. The van der Waals surface area contributed by atoms with Crippen LogP contribution in [0.2, 0.25) is 0 Å². The number of anilines is 1. The molecule has 0 bridgehead atoms. The molecule has 0 radical (unpaired) electrons. The SMILES string of the molecule is NC1(COc2ccc(Oc3ccc(CC(=O)Nc4ccccc4)cc3)cc2)CCCC1. The molecule has 0 aromatic heterocycles. The van der Waals surface area contributed by atoms with Gasteiger partial charge >= 0.3 is 0 Å². The van der Waals surface area contributed by atoms with E-state index in [1.54, 1.807) is 0 Å². The zero-order valence-corrected chi connectivity index (χ0v) is 17.6. The second-order valence-corrected chi connectivity index (χ2v) is 8.17. The molecule has 3 aromatic carbocycles. The van der Waals surface area contributed by atoms with Crippen LogP contribution in [0.5, 0.6) is 17.2 Å². The summed E-state index contributed by atoms with van der Waals surface area (Å²) in [5.41, 5.74) is 7.88. The van der Waals surface area contributed by atoms with Gasteiger partial charge < -0.3 is 20.5 Å². The third-order valence-electron chi connectivity index (χ3n) is 5.53. The summed E-state index contributed by atoms with van der Waals surface area (Å²) in [5.74, 6) is 2.19. The van der Waals surface area contributed by atoms with Crippen LogP contribution in [0.15, 0.2) is 78.9 Å². The first kappa shape index (κ1) is 20.9. The molecule has 1 fully saturated rings. The normalized spacial score (nSPS) is 14.7. The van der Waals surface area contributed by atoms with E-state index in [1.807, 2.05) is 78.9 Å². The maximum Gasteiger partial charge on any atom is 0.228 e. The zero-order chi connectivity index (χ0) is 21.5. The maximum absolute atomic E-state index is 12.2. The van der Waals surface area contributed by atoms with Crippen molar-refractivity contribution in [1.29, 1.82) is 0 Å². The largest absolute Gasteiger partial charge is 0.492 e. The number of ether oxygens (including phenoxy) is 2. The zero-order valence-electron chi connectivity index (χ0n) is 17.6. The number of nitrogens with two attached hydrogens (primary N) is 1. The third-order valence-corrected chi connectivity index (χ3v) is 5.53. The molecule has 1 saturated carbocycles. The summed E-state index contributed by atoms with van der Waals surface area (Å²) < 4.78 is 11.8. The molecular formula is C26H28N2O3. The van der Waals surface area contributed by atoms with Crippen molar-refractivity contribution in [2.24, 2.45) is 5.73 Å². The van der Waals surface area contributed by atoms with E-state index in [0.29, 0.717) is 18.8 Å². The lowest BCUT2D eigenvalue weighted by atomic mass is 10.0. The van der Waals surface area contributed by atoms with Crippen LogP contribution < -0.4 is 20.5 Å². The Balaban J connectivity index is 1.27. The number of rotatable bonds is 8. The molecule has 0 atom stereocenters. The van der Waals surface area contributed by atoms with Gasteiger partial charge in [0.1, 0.15) is 23.9 Å². The van der Waals surface area contributed by atoms with Crippen LogP contribution in [0.25, 0.3) is 0 Å². The molecule has 5 nitrogen and oxygen atoms in total. The highest BCUT2D eigenvalue weighted by Crippen LogP contribution is 2.29. The number of benzene rings is 3. The average molecular weight is 417 g/mol. The molecule has 3 N–H and O–H groups in total. The van der Waals surface area contributed by atoms with Gasteiger partial charge in [-0.2, -0.15) is 0 Å². The van der Waals surface area contributed by atoms with E-state index in [9.17, 15) is 4.79 Å². The van der Waals surface area contributed by atoms with Gasteiger partial charge in [0.25, 0.3) is 0 Å². The Morgan fingerprint density at radius 2 is 1.42 bits per heavy atom. The molecule has 3 aromatic rings. The van der Waals surface area contributed by atoms with Crippen molar-refractivity contribution in [2.75, 3.05) is 11.9 Å². The van der Waals surface area contributed by atoms with Crippen molar-refractivity contribution in [3.05, 3.63) is 84.4 Å². The van der Waals surface area contributed by atoms with E-state index in [2.05, 4.69) is 5.32 Å². The van der Waals surface area contributed by atoms with Gasteiger partial charge in [0, 0.05) is 5.69 Å². The highest BCUT2D eigenvalue weighted by molar-refractivity contribution is 5.92. The summed E-state index contributed by atoms with van der Waals surface area (Å²) in [4.78, 5) is 12.2. The first-order valence-corrected chi connectivity index (χ1v) is 10.7. The Bertz CT molecular complexity index is 979. The molecule has 4 rings (SSSR count). The van der Waals surface area contributed by atoms with Gasteiger partial charge in [-0.1, -0.05) is 43.2 Å². The molecule has 0 spiro atoms. The Kier molecular flexibility index (Phi) is 6.53. The van der Waals surface area contributed by atoms with Gasteiger partial charge in [0.15, 0.2) is 0 Å². The molecule has 0 unspecified atom stereocenters. The van der Waals surface area contributed by atoms with Crippen molar-refractivity contribution in [3.63, 3.8) is 0 Å². The summed E-state index contributed by atoms with van der Waals surface area (Å²) in [5, 5.41) is 2.89. The van der Waals surface area contributed by atoms with Crippen molar-refractivity contribution in [1.82, 2.24) is 0 Å². The van der Waals surface area contributed by atoms with E-state index < -0.39 is 0 Å². The second-order valence-electron chi connectivity index (χ2n) is 8.17. The van der Waals surface area contributed by atoms with Gasteiger partial charge in [0.2, 0.25) is 5.91 Å². The topological polar surface area (TPSA) is 73.6 Å². The lowest BCUT2D eigenvalue weighted by Crippen LogP contribution is -2.42. The summed E-state index contributed by atoms with van der Waals surface area (Å²) >= 11 is 0. The van der Waals surface area contributed by atoms with E-state index in [1.165, 1.54) is 12.8 Å². The minimum atomic E-state index is -0.186. The van der Waals surface area contributed by atoms with E-state index >= 15 is 0 Å². The van der Waals surface area contributed by atoms with Gasteiger partial charge in [-0.3, -0.25) is 4.79 Å². The number of carbonyl (C=O) groups excluding carboxylic acids is 1. The minimum Gasteiger partial charge on any atom is -0.492 e. The van der Waals surface area contributed by atoms with Crippen LogP contribution in [0, 0.1) is 0 Å². The molecule has 31 heavy (non-hydrogen) atoms. The maximum atomic E-state index is 12.2. The van der Waals surface area contributed by atoms with Crippen LogP contribution in [0.4, 0.5) is 5.69 Å². The molecule has 5 heteroatoms. The summed E-state index contributed by atoms with van der Waals surface area (Å²) in [6.45, 7) is 0.548. The number of hydrogen-bond donors (Lipinski definition) is 2. The highest BCUT2D eigenvalue weighted by atomic mass is 16.5. The molecular weight excluding hydrogens is 388 g/mol. The predicted molar refractivity (Wildman–Crippen MR) is 123 cm³/mol. The number of amides is 1. The molecule has 1 amide bonds. The van der Waals surface area contributed by atoms with Crippen molar-refractivity contribution in [2.45, 2.75) is 37.6 Å². The van der Waals surface area contributed by atoms with E-state index in [0.717, 1.165) is 35.6 Å². The molecule has 0 saturated heterocycles. The Hall–Kier alpha value is -3.31. The van der Waals surface area contributed by atoms with E-state index in [-0.39, 0.29) is 11.4 Å². The van der Waals surface area contributed by atoms with Crippen molar-refractivity contribution < 1.29 is 14.3 Å². The average Bonchev–Trinajstić information content (AvgIpc) is 3.22. The number of nitrogens with one attached hydrogen (secondary N) is 1. The Morgan fingerprint density at radius 3 is 2.06 bits per heavy atom. The van der Waals surface area contributed by atoms with Crippen LogP contribution in [0.1, 0.15) is 31.2 Å². The smallest absolute Gasteiger partial charge is 0.228 e. The molecule has 0 heterocycles. The van der Waals surface area contributed by atoms with Gasteiger partial charge in [-0.05, 0) is 66.9 Å². The van der Waals surface area contributed by atoms with Gasteiger partial charge in [-0.25, -0.2) is 0 Å².